The van der Waals surface area contributed by atoms with Crippen LogP contribution in [-0.2, 0) is 16.1 Å². The van der Waals surface area contributed by atoms with Gasteiger partial charge < -0.3 is 19.9 Å². The first-order chi connectivity index (χ1) is 19.6. The number of benzene rings is 2. The van der Waals surface area contributed by atoms with E-state index in [0.29, 0.717) is 66.0 Å². The van der Waals surface area contributed by atoms with Crippen LogP contribution in [0.1, 0.15) is 13.8 Å². The number of likely N-dealkylation sites (N-methyl/N-ethyl adjacent to an activating group) is 1. The first kappa shape index (κ1) is 29.8. The van der Waals surface area contributed by atoms with Gasteiger partial charge in [0.2, 0.25) is 5.91 Å². The highest BCUT2D eigenvalue weighted by molar-refractivity contribution is 7.99. The molecule has 3 unspecified atom stereocenters. The zero-order valence-electron chi connectivity index (χ0n) is 23.1. The molecule has 1 amide bonds. The molecule has 0 saturated carbocycles. The number of piperazine rings is 1. The van der Waals surface area contributed by atoms with E-state index in [-0.39, 0.29) is 29.1 Å². The Hall–Kier alpha value is -2.63. The van der Waals surface area contributed by atoms with Gasteiger partial charge >= 0.3 is 5.69 Å². The van der Waals surface area contributed by atoms with Crippen LogP contribution in [0.15, 0.2) is 46.6 Å². The van der Waals surface area contributed by atoms with E-state index in [2.05, 4.69) is 16.9 Å². The molecule has 2 aliphatic rings. The average molecular weight is 621 g/mol. The van der Waals surface area contributed by atoms with E-state index in [4.69, 9.17) is 27.9 Å². The van der Waals surface area contributed by atoms with E-state index in [1.54, 1.807) is 33.4 Å². The van der Waals surface area contributed by atoms with E-state index in [1.165, 1.54) is 12.1 Å². The lowest BCUT2D eigenvalue weighted by molar-refractivity contribution is -0.130. The summed E-state index contributed by atoms with van der Waals surface area (Å²) in [6.45, 7) is 10.1. The molecule has 2 aliphatic heterocycles. The normalized spacial score (nSPS) is 20.8. The Bertz CT molecular complexity index is 1560. The largest absolute Gasteiger partial charge is 0.374 e. The highest BCUT2D eigenvalue weighted by Gasteiger charge is 2.35. The highest BCUT2D eigenvalue weighted by atomic mass is 35.5. The van der Waals surface area contributed by atoms with Crippen molar-refractivity contribution < 1.29 is 13.9 Å². The van der Waals surface area contributed by atoms with Gasteiger partial charge in [0.05, 0.1) is 34.8 Å². The molecule has 3 heterocycles. The minimum Gasteiger partial charge on any atom is -0.374 e. The van der Waals surface area contributed by atoms with Crippen LogP contribution in [0, 0.1) is 5.82 Å². The molecule has 1 fully saturated rings. The van der Waals surface area contributed by atoms with Gasteiger partial charge in [-0.3, -0.25) is 9.36 Å². The Morgan fingerprint density at radius 2 is 1.95 bits per heavy atom. The van der Waals surface area contributed by atoms with Crippen molar-refractivity contribution in [2.24, 2.45) is 0 Å². The molecule has 0 radical (unpaired) electrons. The van der Waals surface area contributed by atoms with Crippen LogP contribution in [-0.4, -0.2) is 77.6 Å². The zero-order valence-corrected chi connectivity index (χ0v) is 25.5. The third-order valence-electron chi connectivity index (χ3n) is 7.51. The molecule has 5 rings (SSSR count). The number of hydrogen-bond acceptors (Lipinski definition) is 7. The summed E-state index contributed by atoms with van der Waals surface area (Å²) in [6, 6.07) is 6.07. The van der Waals surface area contributed by atoms with Gasteiger partial charge in [0, 0.05) is 53.3 Å². The molecule has 2 aromatic carbocycles. The van der Waals surface area contributed by atoms with Crippen LogP contribution in [0.2, 0.25) is 10.0 Å². The second-order valence-electron chi connectivity index (χ2n) is 10.4. The first-order valence-corrected chi connectivity index (χ1v) is 15.2. The fourth-order valence-corrected chi connectivity index (χ4v) is 7.56. The quantitative estimate of drug-likeness (QED) is 0.300. The summed E-state index contributed by atoms with van der Waals surface area (Å²) < 4.78 is 21.9. The number of carbonyl (C=O) groups is 1. The maximum absolute atomic E-state index is 14.1. The molecule has 0 bridgehead atoms. The van der Waals surface area contributed by atoms with E-state index in [1.807, 2.05) is 31.9 Å². The number of aromatic nitrogens is 2. The summed E-state index contributed by atoms with van der Waals surface area (Å²) >= 11 is 14.7. The summed E-state index contributed by atoms with van der Waals surface area (Å²) in [5.41, 5.74) is 1.63. The molecule has 1 aromatic heterocycles. The minimum absolute atomic E-state index is 0.0134. The monoisotopic (exact) mass is 619 g/mol. The van der Waals surface area contributed by atoms with Gasteiger partial charge in [-0.05, 0) is 50.7 Å². The van der Waals surface area contributed by atoms with Crippen molar-refractivity contribution in [3.05, 3.63) is 63.3 Å². The number of halogens is 3. The van der Waals surface area contributed by atoms with Crippen molar-refractivity contribution in [2.45, 2.75) is 43.5 Å². The van der Waals surface area contributed by atoms with Crippen molar-refractivity contribution in [3.63, 3.8) is 0 Å². The Labute approximate surface area is 252 Å². The van der Waals surface area contributed by atoms with Gasteiger partial charge in [-0.25, -0.2) is 9.18 Å². The first-order valence-electron chi connectivity index (χ1n) is 13.5. The molecule has 218 valence electrons. The maximum Gasteiger partial charge on any atom is 0.350 e. The molecular weight excluding hydrogens is 588 g/mol. The number of anilines is 1. The SMILES string of the molecule is C=CC(=O)N1C(C)CN(c2nc(=O)n3c4c(c(-c5ccc(F)c(Cl)c5)c(Cl)cc24)SCC(OCCNC)C3)CC1C. The van der Waals surface area contributed by atoms with Gasteiger partial charge in [0.1, 0.15) is 11.6 Å². The zero-order chi connectivity index (χ0) is 29.4. The number of ether oxygens (including phenoxy) is 1. The van der Waals surface area contributed by atoms with Crippen LogP contribution >= 0.6 is 35.0 Å². The Balaban J connectivity index is 1.69. The van der Waals surface area contributed by atoms with Gasteiger partial charge in [-0.15, -0.1) is 11.8 Å². The predicted octanol–water partition coefficient (Wildman–Crippen LogP) is 4.83. The number of thioether (sulfide) groups is 1. The van der Waals surface area contributed by atoms with Gasteiger partial charge in [-0.1, -0.05) is 35.8 Å². The van der Waals surface area contributed by atoms with Crippen LogP contribution in [0.4, 0.5) is 10.2 Å². The van der Waals surface area contributed by atoms with Crippen LogP contribution in [0.3, 0.4) is 0 Å². The summed E-state index contributed by atoms with van der Waals surface area (Å²) in [5.74, 6) is 0.447. The summed E-state index contributed by atoms with van der Waals surface area (Å²) in [4.78, 5) is 35.4. The highest BCUT2D eigenvalue weighted by Crippen LogP contribution is 2.46. The van der Waals surface area contributed by atoms with E-state index in [0.717, 1.165) is 10.3 Å². The average Bonchev–Trinajstić information content (AvgIpc) is 3.12. The fourth-order valence-electron chi connectivity index (χ4n) is 5.73. The van der Waals surface area contributed by atoms with E-state index >= 15 is 0 Å². The van der Waals surface area contributed by atoms with Gasteiger partial charge in [0.15, 0.2) is 0 Å². The smallest absolute Gasteiger partial charge is 0.350 e. The Morgan fingerprint density at radius 3 is 2.61 bits per heavy atom. The number of carbonyl (C=O) groups excluding carboxylic acids is 1. The topological polar surface area (TPSA) is 79.7 Å². The number of hydrogen-bond donors (Lipinski definition) is 1. The molecule has 1 N–H and O–H groups in total. The molecule has 12 heteroatoms. The second kappa shape index (κ2) is 12.3. The van der Waals surface area contributed by atoms with Crippen LogP contribution in [0.5, 0.6) is 0 Å². The van der Waals surface area contributed by atoms with Gasteiger partial charge in [-0.2, -0.15) is 4.98 Å². The van der Waals surface area contributed by atoms with Crippen molar-refractivity contribution in [1.29, 1.82) is 0 Å². The summed E-state index contributed by atoms with van der Waals surface area (Å²) in [6.07, 6.45) is 1.08. The number of amides is 1. The third-order valence-corrected chi connectivity index (χ3v) is 9.32. The van der Waals surface area contributed by atoms with Crippen LogP contribution in [0.25, 0.3) is 22.0 Å². The predicted molar refractivity (Wildman–Crippen MR) is 164 cm³/mol. The fraction of sp³-hybridized carbons (Fsp3) is 0.414. The lowest BCUT2D eigenvalue weighted by Crippen LogP contribution is -2.58. The maximum atomic E-state index is 14.1. The number of rotatable bonds is 7. The molecule has 0 aliphatic carbocycles. The van der Waals surface area contributed by atoms with Crippen molar-refractivity contribution in [1.82, 2.24) is 19.8 Å². The van der Waals surface area contributed by atoms with Crippen molar-refractivity contribution >= 4 is 57.6 Å². The molecule has 3 atom stereocenters. The lowest BCUT2D eigenvalue weighted by Gasteiger charge is -2.44. The van der Waals surface area contributed by atoms with E-state index in [9.17, 15) is 14.0 Å². The minimum atomic E-state index is -0.524. The number of nitrogens with one attached hydrogen (secondary N) is 1. The number of nitrogens with zero attached hydrogens (tertiary/aromatic N) is 4. The summed E-state index contributed by atoms with van der Waals surface area (Å²) in [5, 5.41) is 4.23. The van der Waals surface area contributed by atoms with Crippen molar-refractivity contribution in [3.8, 4) is 11.1 Å². The lowest BCUT2D eigenvalue weighted by atomic mass is 10.0. The molecule has 41 heavy (non-hydrogen) atoms. The van der Waals surface area contributed by atoms with Gasteiger partial charge in [0.25, 0.3) is 0 Å². The molecule has 0 spiro atoms. The molecule has 3 aromatic rings. The molecular formula is C29H32Cl2FN5O3S. The molecule has 1 saturated heterocycles. The summed E-state index contributed by atoms with van der Waals surface area (Å²) in [7, 11) is 1.86. The Morgan fingerprint density at radius 1 is 1.22 bits per heavy atom. The standard InChI is InChI=1S/C29H32Cl2FN5O3S/c1-5-24(38)37-16(2)12-35(13-17(37)3)28-20-11-22(31)25(18-6-7-23(32)21(30)10-18)27-26(20)36(29(39)34-28)14-19(15-41-27)40-9-8-33-4/h5-7,10-11,16-17,19,33H,1,8-9,12-15H2,2-4H3. The van der Waals surface area contributed by atoms with Crippen LogP contribution < -0.4 is 15.9 Å². The third kappa shape index (κ3) is 5.72. The van der Waals surface area contributed by atoms with E-state index < -0.39 is 11.5 Å². The molecule has 8 nitrogen and oxygen atoms in total. The Kier molecular flexibility index (Phi) is 8.96. The van der Waals surface area contributed by atoms with Crippen molar-refractivity contribution in [2.75, 3.05) is 43.9 Å². The second-order valence-corrected chi connectivity index (χ2v) is 12.2.